The number of fused-ring (bicyclic) bond motifs is 1. The first kappa shape index (κ1) is 10.2. The fraction of sp³-hybridized carbons (Fsp3) is 0.385. The number of rotatable bonds is 3. The Morgan fingerprint density at radius 2 is 2.07 bits per heavy atom. The number of nitrogens with one attached hydrogen (secondary N) is 1. The molecule has 0 aliphatic heterocycles. The zero-order valence-electron chi connectivity index (χ0n) is 9.38. The van der Waals surface area contributed by atoms with E-state index < -0.39 is 0 Å². The highest BCUT2D eigenvalue weighted by atomic mass is 14.7. The number of H-pyrrole nitrogens is 1. The van der Waals surface area contributed by atoms with E-state index in [4.69, 9.17) is 5.73 Å². The van der Waals surface area contributed by atoms with Crippen molar-refractivity contribution in [3.8, 4) is 0 Å². The Morgan fingerprint density at radius 3 is 2.80 bits per heavy atom. The summed E-state index contributed by atoms with van der Waals surface area (Å²) in [7, 11) is 0. The van der Waals surface area contributed by atoms with Crippen LogP contribution in [0.1, 0.15) is 25.8 Å². The van der Waals surface area contributed by atoms with Gasteiger partial charge in [-0.05, 0) is 47.5 Å². The van der Waals surface area contributed by atoms with Crippen molar-refractivity contribution in [2.45, 2.75) is 25.7 Å². The zero-order valence-corrected chi connectivity index (χ0v) is 9.38. The molecule has 0 fully saturated rings. The lowest BCUT2D eigenvalue weighted by molar-refractivity contribution is 0.488. The van der Waals surface area contributed by atoms with E-state index in [0.717, 1.165) is 13.0 Å². The van der Waals surface area contributed by atoms with Crippen LogP contribution in [0.2, 0.25) is 0 Å². The van der Waals surface area contributed by atoms with Gasteiger partial charge in [0.05, 0.1) is 0 Å². The van der Waals surface area contributed by atoms with Gasteiger partial charge in [0.1, 0.15) is 0 Å². The molecule has 0 amide bonds. The van der Waals surface area contributed by atoms with Crippen molar-refractivity contribution >= 4 is 10.9 Å². The molecule has 80 valence electrons. The molecule has 0 unspecified atom stereocenters. The summed E-state index contributed by atoms with van der Waals surface area (Å²) in [5.41, 5.74) is 8.36. The van der Waals surface area contributed by atoms with E-state index in [2.05, 4.69) is 43.1 Å². The van der Waals surface area contributed by atoms with Crippen LogP contribution in [0.3, 0.4) is 0 Å². The molecule has 15 heavy (non-hydrogen) atoms. The first-order chi connectivity index (χ1) is 7.13. The monoisotopic (exact) mass is 202 g/mol. The average Bonchev–Trinajstić information content (AvgIpc) is 2.63. The van der Waals surface area contributed by atoms with E-state index in [1.165, 1.54) is 16.5 Å². The van der Waals surface area contributed by atoms with Gasteiger partial charge in [-0.25, -0.2) is 0 Å². The Balaban J connectivity index is 2.42. The van der Waals surface area contributed by atoms with Crippen molar-refractivity contribution in [3.05, 3.63) is 36.0 Å². The third kappa shape index (κ3) is 1.90. The first-order valence-corrected chi connectivity index (χ1v) is 5.41. The Labute approximate surface area is 90.5 Å². The Bertz CT molecular complexity index is 454. The number of hydrogen-bond acceptors (Lipinski definition) is 1. The number of aromatic nitrogens is 1. The molecule has 2 nitrogen and oxygen atoms in total. The average molecular weight is 202 g/mol. The van der Waals surface area contributed by atoms with Crippen LogP contribution in [0.15, 0.2) is 30.5 Å². The minimum absolute atomic E-state index is 0.167. The lowest BCUT2D eigenvalue weighted by Crippen LogP contribution is -2.21. The maximum absolute atomic E-state index is 5.64. The molecule has 0 aliphatic carbocycles. The summed E-state index contributed by atoms with van der Waals surface area (Å²) in [4.78, 5) is 3.21. The molecule has 2 heteroatoms. The second-order valence-corrected chi connectivity index (χ2v) is 4.70. The van der Waals surface area contributed by atoms with E-state index in [1.54, 1.807) is 0 Å². The zero-order chi connectivity index (χ0) is 10.9. The standard InChI is InChI=1S/C13H18N2/c1-13(2,6-7-14)11-3-4-12-10(9-11)5-8-15-12/h3-5,8-9,15H,6-7,14H2,1-2H3. The summed E-state index contributed by atoms with van der Waals surface area (Å²) in [5.74, 6) is 0. The van der Waals surface area contributed by atoms with Gasteiger partial charge in [-0.3, -0.25) is 0 Å². The predicted molar refractivity (Wildman–Crippen MR) is 65.0 cm³/mol. The van der Waals surface area contributed by atoms with Gasteiger partial charge in [-0.1, -0.05) is 19.9 Å². The molecule has 2 aromatic rings. The molecule has 0 spiro atoms. The number of nitrogens with two attached hydrogens (primary N) is 1. The summed E-state index contributed by atoms with van der Waals surface area (Å²) in [6, 6.07) is 8.69. The van der Waals surface area contributed by atoms with Gasteiger partial charge in [0.15, 0.2) is 0 Å². The normalized spacial score (nSPS) is 12.2. The SMILES string of the molecule is CC(C)(CCN)c1ccc2[nH]ccc2c1. The minimum Gasteiger partial charge on any atom is -0.361 e. The van der Waals surface area contributed by atoms with Crippen molar-refractivity contribution in [1.82, 2.24) is 4.98 Å². The molecular formula is C13H18N2. The van der Waals surface area contributed by atoms with Crippen LogP contribution in [0.4, 0.5) is 0 Å². The van der Waals surface area contributed by atoms with Gasteiger partial charge in [-0.2, -0.15) is 0 Å². The fourth-order valence-corrected chi connectivity index (χ4v) is 1.98. The largest absolute Gasteiger partial charge is 0.361 e. The van der Waals surface area contributed by atoms with Crippen LogP contribution in [-0.2, 0) is 5.41 Å². The van der Waals surface area contributed by atoms with Crippen LogP contribution < -0.4 is 5.73 Å². The third-order valence-electron chi connectivity index (χ3n) is 3.10. The quantitative estimate of drug-likeness (QED) is 0.789. The molecule has 0 atom stereocenters. The molecule has 0 aliphatic rings. The van der Waals surface area contributed by atoms with E-state index >= 15 is 0 Å². The van der Waals surface area contributed by atoms with Gasteiger partial charge >= 0.3 is 0 Å². The van der Waals surface area contributed by atoms with Crippen LogP contribution in [0.25, 0.3) is 10.9 Å². The molecule has 1 heterocycles. The molecular weight excluding hydrogens is 184 g/mol. The first-order valence-electron chi connectivity index (χ1n) is 5.41. The molecule has 3 N–H and O–H groups in total. The Morgan fingerprint density at radius 1 is 1.27 bits per heavy atom. The summed E-state index contributed by atoms with van der Waals surface area (Å²) in [6.45, 7) is 5.22. The smallest absolute Gasteiger partial charge is 0.0454 e. The van der Waals surface area contributed by atoms with Gasteiger partial charge in [0.25, 0.3) is 0 Å². The Hall–Kier alpha value is -1.28. The number of hydrogen-bond donors (Lipinski definition) is 2. The van der Waals surface area contributed by atoms with E-state index in [9.17, 15) is 0 Å². The summed E-state index contributed by atoms with van der Waals surface area (Å²) < 4.78 is 0. The molecule has 0 bridgehead atoms. The highest BCUT2D eigenvalue weighted by Gasteiger charge is 2.19. The maximum Gasteiger partial charge on any atom is 0.0454 e. The highest BCUT2D eigenvalue weighted by Crippen LogP contribution is 2.28. The van der Waals surface area contributed by atoms with Crippen molar-refractivity contribution in [2.24, 2.45) is 5.73 Å². The van der Waals surface area contributed by atoms with Crippen molar-refractivity contribution in [1.29, 1.82) is 0 Å². The summed E-state index contributed by atoms with van der Waals surface area (Å²) >= 11 is 0. The number of aromatic amines is 1. The van der Waals surface area contributed by atoms with Gasteiger partial charge in [-0.15, -0.1) is 0 Å². The van der Waals surface area contributed by atoms with Gasteiger partial charge < -0.3 is 10.7 Å². The van der Waals surface area contributed by atoms with Gasteiger partial charge in [0.2, 0.25) is 0 Å². The lowest BCUT2D eigenvalue weighted by Gasteiger charge is -2.24. The summed E-state index contributed by atoms with van der Waals surface area (Å²) in [5, 5.41) is 1.28. The topological polar surface area (TPSA) is 41.8 Å². The second kappa shape index (κ2) is 3.70. The fourth-order valence-electron chi connectivity index (χ4n) is 1.98. The van der Waals surface area contributed by atoms with E-state index in [-0.39, 0.29) is 5.41 Å². The molecule has 0 saturated carbocycles. The Kier molecular flexibility index (Phi) is 2.53. The second-order valence-electron chi connectivity index (χ2n) is 4.70. The van der Waals surface area contributed by atoms with Crippen LogP contribution in [0, 0.1) is 0 Å². The lowest BCUT2D eigenvalue weighted by atomic mass is 9.81. The van der Waals surface area contributed by atoms with E-state index in [1.807, 2.05) is 6.20 Å². The number of benzene rings is 1. The molecule has 2 rings (SSSR count). The predicted octanol–water partition coefficient (Wildman–Crippen LogP) is 2.79. The molecule has 0 radical (unpaired) electrons. The molecule has 0 saturated heterocycles. The van der Waals surface area contributed by atoms with Crippen LogP contribution >= 0.6 is 0 Å². The highest BCUT2D eigenvalue weighted by molar-refractivity contribution is 5.80. The van der Waals surface area contributed by atoms with Crippen molar-refractivity contribution in [2.75, 3.05) is 6.54 Å². The van der Waals surface area contributed by atoms with Crippen molar-refractivity contribution < 1.29 is 0 Å². The van der Waals surface area contributed by atoms with Crippen LogP contribution in [-0.4, -0.2) is 11.5 Å². The van der Waals surface area contributed by atoms with Crippen LogP contribution in [0.5, 0.6) is 0 Å². The minimum atomic E-state index is 0.167. The summed E-state index contributed by atoms with van der Waals surface area (Å²) in [6.07, 6.45) is 2.99. The molecule has 1 aromatic carbocycles. The molecule has 1 aromatic heterocycles. The van der Waals surface area contributed by atoms with E-state index in [0.29, 0.717) is 0 Å². The van der Waals surface area contributed by atoms with Crippen molar-refractivity contribution in [3.63, 3.8) is 0 Å². The maximum atomic E-state index is 5.64. The van der Waals surface area contributed by atoms with Gasteiger partial charge in [0, 0.05) is 11.7 Å². The third-order valence-corrected chi connectivity index (χ3v) is 3.10.